The van der Waals surface area contributed by atoms with Crippen LogP contribution in [0.2, 0.25) is 0 Å². The van der Waals surface area contributed by atoms with Crippen molar-refractivity contribution >= 4 is 35.4 Å². The molecule has 1 saturated heterocycles. The molecule has 0 aromatic carbocycles. The van der Waals surface area contributed by atoms with Crippen LogP contribution in [0.25, 0.3) is 0 Å². The maximum atomic E-state index is 12.9. The van der Waals surface area contributed by atoms with Crippen LogP contribution in [0.1, 0.15) is 53.4 Å². The highest BCUT2D eigenvalue weighted by Gasteiger charge is 2.36. The first-order chi connectivity index (χ1) is 14.8. The highest BCUT2D eigenvalue weighted by molar-refractivity contribution is 5.99. The molecule has 12 nitrogen and oxygen atoms in total. The third-order valence-corrected chi connectivity index (χ3v) is 5.21. The summed E-state index contributed by atoms with van der Waals surface area (Å²) < 4.78 is 0. The van der Waals surface area contributed by atoms with Gasteiger partial charge >= 0.3 is 0 Å². The molecule has 32 heavy (non-hydrogen) atoms. The fourth-order valence-electron chi connectivity index (χ4n) is 3.29. The number of amides is 6. The molecule has 0 bridgehead atoms. The molecule has 0 aliphatic carbocycles. The van der Waals surface area contributed by atoms with Gasteiger partial charge in [-0.25, -0.2) is 0 Å². The number of carbonyl (C=O) groups is 6. The number of rotatable bonds is 8. The molecule has 0 saturated carbocycles. The SMILES string of the molecule is CCC(C)C1NC(=O)C(CC(N)=O)NC(=O)C(CC(C)C)NC(=O)C(CC(N)=O)NC1=O. The van der Waals surface area contributed by atoms with Crippen LogP contribution in [0.5, 0.6) is 0 Å². The average Bonchev–Trinajstić information content (AvgIpc) is 2.67. The summed E-state index contributed by atoms with van der Waals surface area (Å²) in [6, 6.07) is -4.82. The summed E-state index contributed by atoms with van der Waals surface area (Å²) in [4.78, 5) is 74.5. The van der Waals surface area contributed by atoms with Crippen molar-refractivity contribution in [2.24, 2.45) is 23.3 Å². The molecule has 0 aromatic heterocycles. The number of hydrogen-bond donors (Lipinski definition) is 6. The molecular weight excluding hydrogens is 420 g/mol. The predicted molar refractivity (Wildman–Crippen MR) is 114 cm³/mol. The minimum atomic E-state index is -1.33. The Bertz CT molecular complexity index is 741. The topological polar surface area (TPSA) is 203 Å². The molecule has 180 valence electrons. The summed E-state index contributed by atoms with van der Waals surface area (Å²) in [5.41, 5.74) is 10.5. The van der Waals surface area contributed by atoms with Crippen LogP contribution < -0.4 is 32.7 Å². The summed E-state index contributed by atoms with van der Waals surface area (Å²) in [5, 5.41) is 9.96. The van der Waals surface area contributed by atoms with Gasteiger partial charge in [-0.1, -0.05) is 34.1 Å². The first-order valence-electron chi connectivity index (χ1n) is 10.6. The Morgan fingerprint density at radius 1 is 0.750 bits per heavy atom. The summed E-state index contributed by atoms with van der Waals surface area (Å²) in [6.07, 6.45) is -0.276. The molecule has 6 amide bonds. The number of carbonyl (C=O) groups excluding carboxylic acids is 6. The second kappa shape index (κ2) is 12.0. The lowest BCUT2D eigenvalue weighted by atomic mass is 9.96. The van der Waals surface area contributed by atoms with Crippen molar-refractivity contribution in [1.82, 2.24) is 21.3 Å². The van der Waals surface area contributed by atoms with Gasteiger partial charge in [-0.3, -0.25) is 28.8 Å². The highest BCUT2D eigenvalue weighted by Crippen LogP contribution is 2.12. The maximum Gasteiger partial charge on any atom is 0.243 e. The van der Waals surface area contributed by atoms with Gasteiger partial charge in [-0.2, -0.15) is 0 Å². The van der Waals surface area contributed by atoms with Crippen LogP contribution in [0.15, 0.2) is 0 Å². The molecule has 8 N–H and O–H groups in total. The number of nitrogens with two attached hydrogens (primary N) is 2. The number of primary amides is 2. The highest BCUT2D eigenvalue weighted by atomic mass is 16.2. The fraction of sp³-hybridized carbons (Fsp3) is 0.700. The standard InChI is InChI=1S/C20H34N6O6/c1-5-10(4)16-20(32)25-12(7-14(21)27)18(30)23-11(6-9(2)3)17(29)24-13(8-15(22)28)19(31)26-16/h9-13,16H,5-8H2,1-4H3,(H2,21,27)(H2,22,28)(H,23,30)(H,24,29)(H,25,32)(H,26,31). The van der Waals surface area contributed by atoms with E-state index in [1.54, 1.807) is 13.8 Å². The second-order valence-electron chi connectivity index (χ2n) is 8.53. The third-order valence-electron chi connectivity index (χ3n) is 5.21. The summed E-state index contributed by atoms with van der Waals surface area (Å²) in [7, 11) is 0. The molecule has 0 aromatic rings. The Hall–Kier alpha value is -3.18. The van der Waals surface area contributed by atoms with E-state index in [0.29, 0.717) is 6.42 Å². The Kier molecular flexibility index (Phi) is 10.1. The largest absolute Gasteiger partial charge is 0.370 e. The minimum Gasteiger partial charge on any atom is -0.370 e. The molecule has 1 fully saturated rings. The average molecular weight is 455 g/mol. The van der Waals surface area contributed by atoms with Crippen LogP contribution in [0.4, 0.5) is 0 Å². The van der Waals surface area contributed by atoms with E-state index in [1.165, 1.54) is 0 Å². The van der Waals surface area contributed by atoms with Crippen molar-refractivity contribution in [2.45, 2.75) is 77.5 Å². The monoisotopic (exact) mass is 454 g/mol. The van der Waals surface area contributed by atoms with Crippen LogP contribution >= 0.6 is 0 Å². The van der Waals surface area contributed by atoms with E-state index in [1.807, 2.05) is 13.8 Å². The molecule has 5 unspecified atom stereocenters. The van der Waals surface area contributed by atoms with E-state index in [2.05, 4.69) is 21.3 Å². The molecule has 1 aliphatic rings. The first kappa shape index (κ1) is 26.9. The first-order valence-corrected chi connectivity index (χ1v) is 10.6. The molecule has 12 heteroatoms. The molecular formula is C20H34N6O6. The van der Waals surface area contributed by atoms with E-state index in [4.69, 9.17) is 11.5 Å². The van der Waals surface area contributed by atoms with Crippen LogP contribution in [-0.4, -0.2) is 59.6 Å². The number of hydrogen-bond acceptors (Lipinski definition) is 6. The van der Waals surface area contributed by atoms with Gasteiger partial charge in [0.1, 0.15) is 24.2 Å². The van der Waals surface area contributed by atoms with Crippen LogP contribution in [0, 0.1) is 11.8 Å². The smallest absolute Gasteiger partial charge is 0.243 e. The van der Waals surface area contributed by atoms with Gasteiger partial charge in [0.25, 0.3) is 0 Å². The van der Waals surface area contributed by atoms with Gasteiger partial charge in [0.05, 0.1) is 12.8 Å². The zero-order chi connectivity index (χ0) is 24.6. The Labute approximate surface area is 187 Å². The zero-order valence-corrected chi connectivity index (χ0v) is 18.9. The Morgan fingerprint density at radius 3 is 1.59 bits per heavy atom. The van der Waals surface area contributed by atoms with E-state index in [-0.39, 0.29) is 18.3 Å². The van der Waals surface area contributed by atoms with Crippen molar-refractivity contribution in [1.29, 1.82) is 0 Å². The van der Waals surface area contributed by atoms with Gasteiger partial charge in [0.2, 0.25) is 35.4 Å². The van der Waals surface area contributed by atoms with Crippen molar-refractivity contribution in [3.8, 4) is 0 Å². The molecule has 1 rings (SSSR count). The lowest BCUT2D eigenvalue weighted by Crippen LogP contribution is -2.63. The van der Waals surface area contributed by atoms with E-state index in [0.717, 1.165) is 0 Å². The van der Waals surface area contributed by atoms with Crippen molar-refractivity contribution in [3.63, 3.8) is 0 Å². The summed E-state index contributed by atoms with van der Waals surface area (Å²) in [6.45, 7) is 7.15. The van der Waals surface area contributed by atoms with E-state index >= 15 is 0 Å². The molecule has 1 heterocycles. The summed E-state index contributed by atoms with van der Waals surface area (Å²) >= 11 is 0. The van der Waals surface area contributed by atoms with E-state index in [9.17, 15) is 28.8 Å². The molecule has 0 radical (unpaired) electrons. The predicted octanol–water partition coefficient (Wildman–Crippen LogP) is -2.22. The quantitative estimate of drug-likeness (QED) is 0.240. The number of nitrogens with one attached hydrogen (secondary N) is 4. The second-order valence-corrected chi connectivity index (χ2v) is 8.53. The van der Waals surface area contributed by atoms with Gasteiger partial charge < -0.3 is 32.7 Å². The van der Waals surface area contributed by atoms with Gasteiger partial charge in [0.15, 0.2) is 0 Å². The van der Waals surface area contributed by atoms with Gasteiger partial charge in [-0.05, 0) is 18.3 Å². The Balaban J connectivity index is 3.41. The lowest BCUT2D eigenvalue weighted by Gasteiger charge is -2.31. The minimum absolute atomic E-state index is 0.0265. The molecule has 5 atom stereocenters. The lowest BCUT2D eigenvalue weighted by molar-refractivity contribution is -0.138. The summed E-state index contributed by atoms with van der Waals surface area (Å²) in [5.74, 6) is -4.96. The van der Waals surface area contributed by atoms with E-state index < -0.39 is 72.5 Å². The maximum absolute atomic E-state index is 12.9. The zero-order valence-electron chi connectivity index (χ0n) is 18.9. The van der Waals surface area contributed by atoms with Crippen molar-refractivity contribution < 1.29 is 28.8 Å². The normalized spacial score (nSPS) is 26.0. The van der Waals surface area contributed by atoms with Gasteiger partial charge in [-0.15, -0.1) is 0 Å². The molecule has 0 spiro atoms. The van der Waals surface area contributed by atoms with Crippen molar-refractivity contribution in [3.05, 3.63) is 0 Å². The van der Waals surface area contributed by atoms with Crippen molar-refractivity contribution in [2.75, 3.05) is 0 Å². The fourth-order valence-corrected chi connectivity index (χ4v) is 3.29. The van der Waals surface area contributed by atoms with Gasteiger partial charge in [0, 0.05) is 0 Å². The molecule has 1 aliphatic heterocycles. The van der Waals surface area contributed by atoms with Crippen LogP contribution in [0.3, 0.4) is 0 Å². The third kappa shape index (κ3) is 8.16. The van der Waals surface area contributed by atoms with Crippen LogP contribution in [-0.2, 0) is 28.8 Å². The Morgan fingerprint density at radius 2 is 1.16 bits per heavy atom.